The molecular weight excluding hydrogens is 464 g/mol. The Morgan fingerprint density at radius 2 is 1.58 bits per heavy atom. The van der Waals surface area contributed by atoms with E-state index in [-0.39, 0.29) is 10.6 Å². The van der Waals surface area contributed by atoms with Crippen LogP contribution in [0.3, 0.4) is 0 Å². The minimum Gasteiger partial charge on any atom is -0.324 e. The fraction of sp³-hybridized carbons (Fsp3) is 0.130. The maximum absolute atomic E-state index is 13.3. The van der Waals surface area contributed by atoms with Crippen molar-refractivity contribution in [1.82, 2.24) is 9.13 Å². The molecule has 0 saturated carbocycles. The Morgan fingerprint density at radius 3 is 2.24 bits per heavy atom. The lowest BCUT2D eigenvalue weighted by atomic mass is 10.2. The minimum absolute atomic E-state index is 0.0634. The number of imidazole rings is 1. The average Bonchev–Trinajstić information content (AvgIpc) is 3.02. The number of halogens is 1. The molecule has 0 aliphatic heterocycles. The third kappa shape index (κ3) is 4.37. The summed E-state index contributed by atoms with van der Waals surface area (Å²) in [7, 11) is -0.706. The number of rotatable bonds is 6. The number of aromatic nitrogens is 2. The van der Waals surface area contributed by atoms with Crippen LogP contribution in [0, 0.1) is 0 Å². The van der Waals surface area contributed by atoms with E-state index in [9.17, 15) is 18.0 Å². The van der Waals surface area contributed by atoms with E-state index in [1.54, 1.807) is 74.8 Å². The van der Waals surface area contributed by atoms with Gasteiger partial charge in [-0.05, 0) is 54.6 Å². The molecule has 0 fully saturated rings. The zero-order valence-electron chi connectivity index (χ0n) is 17.9. The molecule has 0 aliphatic rings. The van der Waals surface area contributed by atoms with Crippen LogP contribution in [0.15, 0.2) is 82.5 Å². The Hall–Kier alpha value is -3.56. The molecule has 1 N–H and O–H groups in total. The second kappa shape index (κ2) is 8.76. The summed E-state index contributed by atoms with van der Waals surface area (Å²) in [6, 6.07) is 19.2. The summed E-state index contributed by atoms with van der Waals surface area (Å²) in [4.78, 5) is 25.1. The molecule has 0 unspecified atom stereocenters. The van der Waals surface area contributed by atoms with Gasteiger partial charge in [0.1, 0.15) is 6.54 Å². The highest BCUT2D eigenvalue weighted by atomic mass is 35.5. The van der Waals surface area contributed by atoms with Crippen molar-refractivity contribution in [1.29, 1.82) is 0 Å². The smallest absolute Gasteiger partial charge is 0.324 e. The van der Waals surface area contributed by atoms with Crippen molar-refractivity contribution in [3.63, 3.8) is 0 Å². The predicted molar refractivity (Wildman–Crippen MR) is 129 cm³/mol. The van der Waals surface area contributed by atoms with Gasteiger partial charge in [0, 0.05) is 24.8 Å². The summed E-state index contributed by atoms with van der Waals surface area (Å²) in [5, 5.41) is 3.18. The zero-order chi connectivity index (χ0) is 23.8. The molecule has 0 radical (unpaired) electrons. The summed E-state index contributed by atoms with van der Waals surface area (Å²) in [6.07, 6.45) is 0. The number of sulfonamides is 1. The van der Waals surface area contributed by atoms with E-state index in [2.05, 4.69) is 5.32 Å². The van der Waals surface area contributed by atoms with Crippen LogP contribution in [0.4, 0.5) is 11.4 Å². The third-order valence-electron chi connectivity index (χ3n) is 5.29. The van der Waals surface area contributed by atoms with E-state index >= 15 is 0 Å². The molecule has 0 aliphatic carbocycles. The molecule has 3 aromatic carbocycles. The molecule has 0 saturated heterocycles. The van der Waals surface area contributed by atoms with Gasteiger partial charge in [-0.15, -0.1) is 0 Å². The van der Waals surface area contributed by atoms with E-state index in [0.29, 0.717) is 21.9 Å². The SMILES string of the molecule is Cn1c(=O)n(C)c2cc(NC(=O)CN(c3ccc(Cl)cc3)S(=O)(=O)c3ccccc3)ccc21. The van der Waals surface area contributed by atoms with Crippen LogP contribution in [0.5, 0.6) is 0 Å². The molecule has 1 heterocycles. The number of nitrogens with one attached hydrogen (secondary N) is 1. The number of nitrogens with zero attached hydrogens (tertiary/aromatic N) is 3. The van der Waals surface area contributed by atoms with Crippen LogP contribution in [0.1, 0.15) is 0 Å². The van der Waals surface area contributed by atoms with E-state index in [0.717, 1.165) is 9.82 Å². The quantitative estimate of drug-likeness (QED) is 0.454. The molecule has 10 heteroatoms. The normalized spacial score (nSPS) is 11.5. The van der Waals surface area contributed by atoms with Crippen molar-refractivity contribution in [3.8, 4) is 0 Å². The van der Waals surface area contributed by atoms with Crippen molar-refractivity contribution < 1.29 is 13.2 Å². The van der Waals surface area contributed by atoms with Gasteiger partial charge in [0.25, 0.3) is 10.0 Å². The first-order valence-corrected chi connectivity index (χ1v) is 11.8. The highest BCUT2D eigenvalue weighted by molar-refractivity contribution is 7.92. The van der Waals surface area contributed by atoms with Gasteiger partial charge in [-0.3, -0.25) is 18.2 Å². The van der Waals surface area contributed by atoms with Crippen LogP contribution in [-0.4, -0.2) is 30.0 Å². The van der Waals surface area contributed by atoms with Crippen molar-refractivity contribution in [2.45, 2.75) is 4.90 Å². The molecule has 4 rings (SSSR count). The van der Waals surface area contributed by atoms with Gasteiger partial charge in [0.15, 0.2) is 0 Å². The standard InChI is InChI=1S/C23H21ClN4O4S/c1-26-20-13-10-17(14-21(20)27(2)23(26)30)25-22(29)15-28(18-11-8-16(24)9-12-18)33(31,32)19-6-4-3-5-7-19/h3-14H,15H2,1-2H3,(H,25,29). The minimum atomic E-state index is -4.02. The lowest BCUT2D eigenvalue weighted by molar-refractivity contribution is -0.114. The molecular formula is C23H21ClN4O4S. The summed E-state index contributed by atoms with van der Waals surface area (Å²) in [5.74, 6) is -0.537. The largest absolute Gasteiger partial charge is 0.328 e. The lowest BCUT2D eigenvalue weighted by Gasteiger charge is -2.24. The first-order chi connectivity index (χ1) is 15.7. The summed E-state index contributed by atoms with van der Waals surface area (Å²) in [5.41, 5.74) is 1.93. The van der Waals surface area contributed by atoms with Gasteiger partial charge in [-0.1, -0.05) is 29.8 Å². The molecule has 8 nitrogen and oxygen atoms in total. The highest BCUT2D eigenvalue weighted by Gasteiger charge is 2.27. The second-order valence-electron chi connectivity index (χ2n) is 7.45. The molecule has 1 aromatic heterocycles. The average molecular weight is 485 g/mol. The molecule has 0 spiro atoms. The van der Waals surface area contributed by atoms with Gasteiger partial charge in [0.05, 0.1) is 21.6 Å². The number of carbonyl (C=O) groups excluding carboxylic acids is 1. The number of anilines is 2. The van der Waals surface area contributed by atoms with Crippen LogP contribution in [0.25, 0.3) is 11.0 Å². The molecule has 33 heavy (non-hydrogen) atoms. The molecule has 4 aromatic rings. The number of aryl methyl sites for hydroxylation is 2. The van der Waals surface area contributed by atoms with E-state index in [1.807, 2.05) is 0 Å². The Balaban J connectivity index is 1.66. The topological polar surface area (TPSA) is 93.4 Å². The second-order valence-corrected chi connectivity index (χ2v) is 9.75. The zero-order valence-corrected chi connectivity index (χ0v) is 19.5. The van der Waals surface area contributed by atoms with Crippen molar-refractivity contribution in [2.75, 3.05) is 16.2 Å². The predicted octanol–water partition coefficient (Wildman–Crippen LogP) is 3.36. The lowest BCUT2D eigenvalue weighted by Crippen LogP contribution is -2.38. The highest BCUT2D eigenvalue weighted by Crippen LogP contribution is 2.25. The van der Waals surface area contributed by atoms with Crippen molar-refractivity contribution >= 4 is 49.9 Å². The Labute approximate surface area is 195 Å². The van der Waals surface area contributed by atoms with Crippen LogP contribution < -0.4 is 15.3 Å². The number of hydrogen-bond acceptors (Lipinski definition) is 4. The maximum atomic E-state index is 13.3. The van der Waals surface area contributed by atoms with Crippen molar-refractivity contribution in [2.24, 2.45) is 14.1 Å². The third-order valence-corrected chi connectivity index (χ3v) is 7.33. The number of fused-ring (bicyclic) bond motifs is 1. The fourth-order valence-electron chi connectivity index (χ4n) is 3.56. The van der Waals surface area contributed by atoms with Gasteiger partial charge in [-0.2, -0.15) is 0 Å². The maximum Gasteiger partial charge on any atom is 0.328 e. The molecule has 1 amide bonds. The van der Waals surface area contributed by atoms with Crippen LogP contribution in [0.2, 0.25) is 5.02 Å². The van der Waals surface area contributed by atoms with Gasteiger partial charge in [0.2, 0.25) is 5.91 Å². The Bertz CT molecular complexity index is 1490. The number of amides is 1. The number of carbonyl (C=O) groups is 1. The Morgan fingerprint density at radius 1 is 0.939 bits per heavy atom. The van der Waals surface area contributed by atoms with E-state index in [4.69, 9.17) is 11.6 Å². The fourth-order valence-corrected chi connectivity index (χ4v) is 5.13. The molecule has 0 atom stereocenters. The first-order valence-electron chi connectivity index (χ1n) is 9.97. The summed E-state index contributed by atoms with van der Waals surface area (Å²) < 4.78 is 30.7. The van der Waals surface area contributed by atoms with Gasteiger partial charge in [-0.25, -0.2) is 13.2 Å². The summed E-state index contributed by atoms with van der Waals surface area (Å²) >= 11 is 5.96. The summed E-state index contributed by atoms with van der Waals surface area (Å²) in [6.45, 7) is -0.454. The first kappa shape index (κ1) is 22.6. The molecule has 0 bridgehead atoms. The van der Waals surface area contributed by atoms with Gasteiger partial charge >= 0.3 is 5.69 Å². The number of hydrogen-bond donors (Lipinski definition) is 1. The monoisotopic (exact) mass is 484 g/mol. The van der Waals surface area contributed by atoms with Crippen LogP contribution in [-0.2, 0) is 28.9 Å². The van der Waals surface area contributed by atoms with E-state index < -0.39 is 22.5 Å². The number of benzene rings is 3. The van der Waals surface area contributed by atoms with Crippen LogP contribution >= 0.6 is 11.6 Å². The van der Waals surface area contributed by atoms with Gasteiger partial charge < -0.3 is 5.32 Å². The Kier molecular flexibility index (Phi) is 6.01. The molecule has 170 valence electrons. The van der Waals surface area contributed by atoms with E-state index in [1.165, 1.54) is 21.3 Å². The van der Waals surface area contributed by atoms with Crippen molar-refractivity contribution in [3.05, 3.63) is 88.3 Å².